The van der Waals surface area contributed by atoms with Crippen molar-refractivity contribution in [3.63, 3.8) is 0 Å². The van der Waals surface area contributed by atoms with Crippen LogP contribution in [-0.2, 0) is 71.5 Å². The monoisotopic (exact) mass is 1290 g/mol. The summed E-state index contributed by atoms with van der Waals surface area (Å²) in [6.07, 6.45) is 38.8. The molecule has 0 spiro atoms. The van der Waals surface area contributed by atoms with E-state index in [-0.39, 0.29) is 50.3 Å². The molecule has 4 atom stereocenters. The summed E-state index contributed by atoms with van der Waals surface area (Å²) in [6, 6.07) is 0. The second-order valence-corrected chi connectivity index (χ2v) is 26.8. The summed E-state index contributed by atoms with van der Waals surface area (Å²) in [5.74, 6) is -0.936. The van der Waals surface area contributed by atoms with Gasteiger partial charge in [0.25, 0.3) is 0 Å². The number of rotatable bonds is 64. The van der Waals surface area contributed by atoms with E-state index in [1.54, 1.807) is 19.0 Å². The number of unbranched alkanes of at least 4 members (excludes halogenated alkanes) is 24. The normalized spacial score (nSPS) is 15.6. The maximum atomic E-state index is 13.7. The van der Waals surface area contributed by atoms with E-state index in [1.807, 2.05) is 0 Å². The molecule has 532 valence electrons. The Morgan fingerprint density at radius 2 is 0.582 bits per heavy atom. The number of esters is 7. The zero-order chi connectivity index (χ0) is 66.8. The lowest BCUT2D eigenvalue weighted by atomic mass is 9.92. The van der Waals surface area contributed by atoms with Crippen LogP contribution >= 0.6 is 0 Å². The minimum Gasteiger partial charge on any atom is -0.466 e. The van der Waals surface area contributed by atoms with Gasteiger partial charge in [0.05, 0.1) is 26.4 Å². The predicted octanol–water partition coefficient (Wildman–Crippen LogP) is 18.5. The van der Waals surface area contributed by atoms with Crippen LogP contribution in [0.5, 0.6) is 0 Å². The molecule has 0 aromatic rings. The number of likely N-dealkylation sites (N-methyl/N-ethyl adjacent to an activating group) is 1. The van der Waals surface area contributed by atoms with Crippen LogP contribution in [0.3, 0.4) is 0 Å². The Labute approximate surface area is 555 Å². The molecular formula is C75H137NO15. The summed E-state index contributed by atoms with van der Waals surface area (Å²) in [6.45, 7) is 14.4. The third kappa shape index (κ3) is 49.4. The highest BCUT2D eigenvalue weighted by atomic mass is 16.8. The smallest absolute Gasteiger partial charge is 0.320 e. The Balaban J connectivity index is 2.91. The molecule has 1 fully saturated rings. The van der Waals surface area contributed by atoms with Crippen LogP contribution in [0.4, 0.5) is 0 Å². The number of ether oxygens (including phenoxy) is 8. The fourth-order valence-corrected chi connectivity index (χ4v) is 12.1. The van der Waals surface area contributed by atoms with Crippen molar-refractivity contribution in [3.8, 4) is 0 Å². The van der Waals surface area contributed by atoms with E-state index in [2.05, 4.69) is 41.5 Å². The summed E-state index contributed by atoms with van der Waals surface area (Å²) < 4.78 is 46.7. The molecular weight excluding hydrogens is 1150 g/mol. The standard InChI is InChI=1S/C75H137NO15/c1-9-15-30-42-62(43-31-16-10-2)54-57-84-66(77)48-36-24-21-27-39-51-69(80)89-73-65(61-87-72(83)60-76(7)8)88-75(91-71(82)53-41-29-23-26-38-50-68(79)86-59-56-64(46-34-19-13-5)47-35-20-14-6)74(73)90-70(81)52-40-28-22-25-37-49-67(78)85-58-55-63(44-32-17-11-3)45-33-18-12-4/h62-65,73-75H,9-61H2,1-8H3/t65-,73+,74+,75+/m1/s1. The summed E-state index contributed by atoms with van der Waals surface area (Å²) >= 11 is 0. The zero-order valence-electron chi connectivity index (χ0n) is 59.6. The molecule has 0 bridgehead atoms. The van der Waals surface area contributed by atoms with E-state index in [0.29, 0.717) is 95.4 Å². The molecule has 1 aliphatic heterocycles. The number of nitrogens with zero attached hydrogens (tertiary/aromatic N) is 1. The van der Waals surface area contributed by atoms with Gasteiger partial charge in [0.2, 0.25) is 12.4 Å². The quantitative estimate of drug-likeness (QED) is 0.0316. The maximum absolute atomic E-state index is 13.7. The van der Waals surface area contributed by atoms with Gasteiger partial charge in [0.1, 0.15) is 12.7 Å². The first kappa shape index (κ1) is 85.2. The van der Waals surface area contributed by atoms with Gasteiger partial charge < -0.3 is 37.9 Å². The van der Waals surface area contributed by atoms with Crippen LogP contribution < -0.4 is 0 Å². The van der Waals surface area contributed by atoms with Crippen LogP contribution in [0, 0.1) is 17.8 Å². The van der Waals surface area contributed by atoms with Gasteiger partial charge in [-0.3, -0.25) is 38.5 Å². The average molecular weight is 1290 g/mol. The fourth-order valence-electron chi connectivity index (χ4n) is 12.1. The van der Waals surface area contributed by atoms with Gasteiger partial charge in [0, 0.05) is 38.5 Å². The van der Waals surface area contributed by atoms with E-state index in [4.69, 9.17) is 37.9 Å². The highest BCUT2D eigenvalue weighted by Crippen LogP contribution is 2.31. The average Bonchev–Trinajstić information content (AvgIpc) is 1.68. The maximum Gasteiger partial charge on any atom is 0.320 e. The van der Waals surface area contributed by atoms with Gasteiger partial charge in [-0.2, -0.15) is 0 Å². The van der Waals surface area contributed by atoms with Crippen molar-refractivity contribution in [3.05, 3.63) is 0 Å². The second-order valence-electron chi connectivity index (χ2n) is 26.8. The Kier molecular flexibility index (Phi) is 56.1. The van der Waals surface area contributed by atoms with Crippen LogP contribution in [0.1, 0.15) is 350 Å². The fraction of sp³-hybridized carbons (Fsp3) is 0.907. The van der Waals surface area contributed by atoms with Crippen molar-refractivity contribution in [2.75, 3.05) is 47.1 Å². The summed E-state index contributed by atoms with van der Waals surface area (Å²) in [5.41, 5.74) is 0. The van der Waals surface area contributed by atoms with Crippen molar-refractivity contribution >= 4 is 41.8 Å². The Morgan fingerprint density at radius 1 is 0.308 bits per heavy atom. The summed E-state index contributed by atoms with van der Waals surface area (Å²) in [7, 11) is 3.46. The van der Waals surface area contributed by atoms with Crippen molar-refractivity contribution in [1.82, 2.24) is 4.90 Å². The minimum atomic E-state index is -1.43. The number of carbonyl (C=O) groups is 7. The molecule has 0 aliphatic carbocycles. The molecule has 16 nitrogen and oxygen atoms in total. The molecule has 0 saturated carbocycles. The predicted molar refractivity (Wildman–Crippen MR) is 363 cm³/mol. The summed E-state index contributed by atoms with van der Waals surface area (Å²) in [5, 5.41) is 0. The largest absolute Gasteiger partial charge is 0.466 e. The van der Waals surface area contributed by atoms with Crippen LogP contribution in [0.2, 0.25) is 0 Å². The SMILES string of the molecule is CCCCCC(CCCCC)CCOC(=O)CCCCCCCC(=O)O[C@@H]1O[C@H](COC(=O)CN(C)C)[C@H](OC(=O)CCCCCCCC(=O)OCCC(CCCCC)CCCCC)[C@@H]1OC(=O)CCCCCCCC(=O)OCCC(CCCCC)CCCCC. The van der Waals surface area contributed by atoms with Crippen molar-refractivity contribution < 1.29 is 71.5 Å². The van der Waals surface area contributed by atoms with Gasteiger partial charge in [-0.25, -0.2) is 0 Å². The van der Waals surface area contributed by atoms with Crippen molar-refractivity contribution in [2.45, 2.75) is 374 Å². The van der Waals surface area contributed by atoms with Crippen LogP contribution in [-0.4, -0.2) is 118 Å². The third-order valence-electron chi connectivity index (χ3n) is 17.9. The lowest BCUT2D eigenvalue weighted by molar-refractivity contribution is -0.200. The van der Waals surface area contributed by atoms with E-state index < -0.39 is 48.5 Å². The van der Waals surface area contributed by atoms with E-state index in [1.165, 1.54) is 154 Å². The van der Waals surface area contributed by atoms with Crippen molar-refractivity contribution in [1.29, 1.82) is 0 Å². The Bertz CT molecular complexity index is 1780. The van der Waals surface area contributed by atoms with E-state index in [0.717, 1.165) is 77.0 Å². The lowest BCUT2D eigenvalue weighted by Crippen LogP contribution is -2.43. The number of hydrogen-bond acceptors (Lipinski definition) is 16. The van der Waals surface area contributed by atoms with Crippen LogP contribution in [0.15, 0.2) is 0 Å². The molecule has 0 unspecified atom stereocenters. The molecule has 1 heterocycles. The van der Waals surface area contributed by atoms with Gasteiger partial charge in [-0.05, 0) is 89.6 Å². The second kappa shape index (κ2) is 59.9. The molecule has 0 amide bonds. The first-order valence-corrected chi connectivity index (χ1v) is 37.7. The highest BCUT2D eigenvalue weighted by molar-refractivity contribution is 5.73. The van der Waals surface area contributed by atoms with Gasteiger partial charge >= 0.3 is 41.8 Å². The Morgan fingerprint density at radius 3 is 0.879 bits per heavy atom. The third-order valence-corrected chi connectivity index (χ3v) is 17.9. The lowest BCUT2D eigenvalue weighted by Gasteiger charge is -2.24. The first-order valence-electron chi connectivity index (χ1n) is 37.7. The Hall–Kier alpha value is -3.79. The summed E-state index contributed by atoms with van der Waals surface area (Å²) in [4.78, 5) is 93.1. The molecule has 1 saturated heterocycles. The molecule has 0 aromatic carbocycles. The van der Waals surface area contributed by atoms with Crippen LogP contribution in [0.25, 0.3) is 0 Å². The first-order chi connectivity index (χ1) is 44.2. The molecule has 1 aliphatic rings. The molecule has 16 heteroatoms. The molecule has 91 heavy (non-hydrogen) atoms. The molecule has 0 N–H and O–H groups in total. The molecule has 0 radical (unpaired) electrons. The van der Waals surface area contributed by atoms with E-state index in [9.17, 15) is 33.6 Å². The minimum absolute atomic E-state index is 0.0139. The van der Waals surface area contributed by atoms with E-state index >= 15 is 0 Å². The number of carbonyl (C=O) groups excluding carboxylic acids is 7. The molecule has 1 rings (SSSR count). The van der Waals surface area contributed by atoms with Crippen molar-refractivity contribution in [2.24, 2.45) is 17.8 Å². The molecule has 0 aromatic heterocycles. The zero-order valence-corrected chi connectivity index (χ0v) is 59.6. The topological polar surface area (TPSA) is 197 Å². The van der Waals surface area contributed by atoms with Gasteiger partial charge in [-0.1, -0.05) is 253 Å². The number of hydrogen-bond donors (Lipinski definition) is 0. The van der Waals surface area contributed by atoms with Gasteiger partial charge in [0.15, 0.2) is 6.10 Å². The highest BCUT2D eigenvalue weighted by Gasteiger charge is 2.52. The van der Waals surface area contributed by atoms with Gasteiger partial charge in [-0.15, -0.1) is 0 Å².